The Morgan fingerprint density at radius 3 is 2.76 bits per heavy atom. The van der Waals surface area contributed by atoms with Gasteiger partial charge in [-0.1, -0.05) is 25.0 Å². The molecule has 0 radical (unpaired) electrons. The smallest absolute Gasteiger partial charge is 0.332 e. The number of nitrogens with one attached hydrogen (secondary N) is 2. The van der Waals surface area contributed by atoms with Gasteiger partial charge in [-0.3, -0.25) is 19.1 Å². The maximum absolute atomic E-state index is 14.4. The second kappa shape index (κ2) is 13.5. The molecule has 0 bridgehead atoms. The molecule has 0 spiro atoms. The topological polar surface area (TPSA) is 158 Å². The van der Waals surface area contributed by atoms with Crippen molar-refractivity contribution in [3.63, 3.8) is 0 Å². The van der Waals surface area contributed by atoms with Crippen LogP contribution in [0.2, 0.25) is 0 Å². The fraction of sp³-hybridized carbons (Fsp3) is 0.571. The van der Waals surface area contributed by atoms with Crippen molar-refractivity contribution in [2.75, 3.05) is 13.7 Å². The lowest BCUT2D eigenvalue weighted by Crippen LogP contribution is -2.56. The van der Waals surface area contributed by atoms with Crippen LogP contribution in [-0.2, 0) is 31.0 Å². The zero-order chi connectivity index (χ0) is 34.3. The van der Waals surface area contributed by atoms with Crippen LogP contribution in [0.1, 0.15) is 69.9 Å². The normalized spacial score (nSPS) is 28.1. The van der Waals surface area contributed by atoms with Gasteiger partial charge in [0.25, 0.3) is 0 Å². The van der Waals surface area contributed by atoms with E-state index in [4.69, 9.17) is 19.4 Å². The van der Waals surface area contributed by atoms with E-state index in [1.54, 1.807) is 4.68 Å². The first kappa shape index (κ1) is 33.2. The number of esters is 1. The molecular weight excluding hydrogens is 646 g/mol. The highest BCUT2D eigenvalue weighted by atomic mass is 32.1. The molecule has 3 aromatic heterocycles. The average Bonchev–Trinajstić information content (AvgIpc) is 3.83. The van der Waals surface area contributed by atoms with E-state index in [1.807, 2.05) is 37.6 Å². The minimum absolute atomic E-state index is 0.109. The van der Waals surface area contributed by atoms with Crippen molar-refractivity contribution in [1.82, 2.24) is 35.3 Å². The molecule has 0 unspecified atom stereocenters. The Morgan fingerprint density at radius 2 is 2.00 bits per heavy atom. The van der Waals surface area contributed by atoms with Crippen LogP contribution in [0.4, 0.5) is 0 Å². The molecule has 14 heteroatoms. The Kier molecular flexibility index (Phi) is 9.16. The standard InChI is InChI=1S/C35H43N7O6S/c1-20-15-26(41(2)40-20)30-37-24-13-14-49-29(24)32(38-30)48-23-17-27-31(44)39-35(34(46)47-3)18-22(35)9-7-5-4-6-8-10-25(33(45)42(27)19-23)36-28(43)16-21-11-12-21/h7,9,13-15,21-23,25,27H,4-6,8,10-12,16-19H2,1-3H3,(H,36,43)(H,39,44)/b9-7-/t22-,23+,25-,27-,35+/m0/s1. The average molecular weight is 690 g/mol. The Hall–Kier alpha value is -4.33. The predicted molar refractivity (Wildman–Crippen MR) is 181 cm³/mol. The Balaban J connectivity index is 1.20. The summed E-state index contributed by atoms with van der Waals surface area (Å²) in [4.78, 5) is 65.6. The third-order valence-corrected chi connectivity index (χ3v) is 11.0. The van der Waals surface area contributed by atoms with E-state index < -0.39 is 35.6 Å². The summed E-state index contributed by atoms with van der Waals surface area (Å²) in [5.41, 5.74) is 1.10. The van der Waals surface area contributed by atoms with Gasteiger partial charge in [-0.05, 0) is 68.9 Å². The van der Waals surface area contributed by atoms with Crippen LogP contribution >= 0.6 is 11.3 Å². The van der Waals surface area contributed by atoms with Crippen LogP contribution in [-0.4, -0.2) is 85.7 Å². The number of hydrogen-bond donors (Lipinski definition) is 2. The second-order valence-electron chi connectivity index (χ2n) is 13.9. The minimum atomic E-state index is -1.18. The van der Waals surface area contributed by atoms with Gasteiger partial charge in [0.2, 0.25) is 23.6 Å². The highest BCUT2D eigenvalue weighted by molar-refractivity contribution is 7.17. The van der Waals surface area contributed by atoms with E-state index in [2.05, 4.69) is 21.8 Å². The zero-order valence-electron chi connectivity index (χ0n) is 28.1. The van der Waals surface area contributed by atoms with Crippen LogP contribution in [0.3, 0.4) is 0 Å². The summed E-state index contributed by atoms with van der Waals surface area (Å²) in [6.07, 6.45) is 10.4. The van der Waals surface area contributed by atoms with E-state index in [1.165, 1.54) is 23.3 Å². The molecule has 3 fully saturated rings. The number of allylic oxidation sites excluding steroid dienone is 1. The minimum Gasteiger partial charge on any atom is -0.471 e. The van der Waals surface area contributed by atoms with E-state index in [9.17, 15) is 19.2 Å². The lowest BCUT2D eigenvalue weighted by Gasteiger charge is -2.29. The number of amides is 3. The van der Waals surface area contributed by atoms with Crippen molar-refractivity contribution in [3.8, 4) is 17.4 Å². The second-order valence-corrected chi connectivity index (χ2v) is 14.8. The van der Waals surface area contributed by atoms with Gasteiger partial charge in [-0.15, -0.1) is 11.3 Å². The van der Waals surface area contributed by atoms with Crippen molar-refractivity contribution in [2.24, 2.45) is 18.9 Å². The van der Waals surface area contributed by atoms with E-state index in [0.29, 0.717) is 36.9 Å². The molecule has 13 nitrogen and oxygen atoms in total. The van der Waals surface area contributed by atoms with Crippen molar-refractivity contribution in [2.45, 2.75) is 94.9 Å². The fourth-order valence-electron chi connectivity index (χ4n) is 7.16. The quantitative estimate of drug-likeness (QED) is 0.279. The van der Waals surface area contributed by atoms with Crippen LogP contribution in [0.25, 0.3) is 21.7 Å². The number of rotatable bonds is 7. The molecular formula is C35H43N7O6S. The number of carbonyl (C=O) groups is 4. The Morgan fingerprint density at radius 1 is 1.16 bits per heavy atom. The summed E-state index contributed by atoms with van der Waals surface area (Å²) < 4.78 is 14.2. The van der Waals surface area contributed by atoms with Gasteiger partial charge in [0, 0.05) is 25.8 Å². The summed E-state index contributed by atoms with van der Waals surface area (Å²) in [7, 11) is 3.15. The molecule has 49 heavy (non-hydrogen) atoms. The van der Waals surface area contributed by atoms with Gasteiger partial charge < -0.3 is 25.0 Å². The predicted octanol–water partition coefficient (Wildman–Crippen LogP) is 3.60. The number of fused-ring (bicyclic) bond motifs is 3. The summed E-state index contributed by atoms with van der Waals surface area (Å²) >= 11 is 1.45. The summed E-state index contributed by atoms with van der Waals surface area (Å²) in [6, 6.07) is 2.10. The van der Waals surface area contributed by atoms with Gasteiger partial charge >= 0.3 is 5.97 Å². The molecule has 2 aliphatic carbocycles. The maximum atomic E-state index is 14.4. The van der Waals surface area contributed by atoms with Gasteiger partial charge in [-0.2, -0.15) is 10.1 Å². The first-order valence-electron chi connectivity index (χ1n) is 17.2. The Labute approximate surface area is 288 Å². The molecule has 1 saturated heterocycles. The van der Waals surface area contributed by atoms with Gasteiger partial charge in [-0.25, -0.2) is 9.78 Å². The largest absolute Gasteiger partial charge is 0.471 e. The van der Waals surface area contributed by atoms with Crippen molar-refractivity contribution in [3.05, 3.63) is 35.4 Å². The maximum Gasteiger partial charge on any atom is 0.332 e. The lowest BCUT2D eigenvalue weighted by molar-refractivity contribution is -0.148. The summed E-state index contributed by atoms with van der Waals surface area (Å²) in [5, 5.41) is 12.4. The molecule has 260 valence electrons. The molecule has 3 amide bonds. The molecule has 2 aliphatic heterocycles. The number of ether oxygens (including phenoxy) is 2. The van der Waals surface area contributed by atoms with Crippen LogP contribution < -0.4 is 15.4 Å². The third-order valence-electron chi connectivity index (χ3n) is 10.1. The monoisotopic (exact) mass is 689 g/mol. The molecule has 2 N–H and O–H groups in total. The lowest BCUT2D eigenvalue weighted by atomic mass is 10.0. The van der Waals surface area contributed by atoms with E-state index in [0.717, 1.165) is 60.1 Å². The molecule has 0 aromatic carbocycles. The van der Waals surface area contributed by atoms with Crippen molar-refractivity contribution in [1.29, 1.82) is 0 Å². The number of carbonyl (C=O) groups excluding carboxylic acids is 4. The number of aromatic nitrogens is 4. The third kappa shape index (κ3) is 6.92. The molecule has 3 aromatic rings. The summed E-state index contributed by atoms with van der Waals surface area (Å²) in [6.45, 7) is 2.01. The van der Waals surface area contributed by atoms with Gasteiger partial charge in [0.15, 0.2) is 5.82 Å². The van der Waals surface area contributed by atoms with Crippen LogP contribution in [0.5, 0.6) is 5.88 Å². The molecule has 4 aliphatic rings. The van der Waals surface area contributed by atoms with Crippen molar-refractivity contribution < 1.29 is 28.7 Å². The fourth-order valence-corrected chi connectivity index (χ4v) is 7.92. The number of hydrogen-bond acceptors (Lipinski definition) is 10. The number of methoxy groups -OCH3 is 1. The number of thiophene rings is 1. The van der Waals surface area contributed by atoms with Gasteiger partial charge in [0.1, 0.15) is 34.1 Å². The van der Waals surface area contributed by atoms with E-state index in [-0.39, 0.29) is 30.7 Å². The molecule has 5 atom stereocenters. The number of aryl methyl sites for hydroxylation is 2. The first-order valence-corrected chi connectivity index (χ1v) is 18.1. The van der Waals surface area contributed by atoms with Crippen LogP contribution in [0, 0.1) is 18.8 Å². The van der Waals surface area contributed by atoms with Gasteiger partial charge in [0.05, 0.1) is 24.9 Å². The first-order chi connectivity index (χ1) is 23.6. The van der Waals surface area contributed by atoms with Crippen LogP contribution in [0.15, 0.2) is 29.7 Å². The highest BCUT2D eigenvalue weighted by Crippen LogP contribution is 2.46. The number of nitrogens with zero attached hydrogens (tertiary/aromatic N) is 5. The molecule has 7 rings (SSSR count). The SMILES string of the molecule is COC(=O)[C@@]12C[C@@H]1/C=C\CCCCC[C@H](NC(=O)CC1CC1)C(=O)N1C[C@H](Oc3nc(-c4cc(C)nn4C)nc4ccsc34)C[C@H]1C(=O)N2. The summed E-state index contributed by atoms with van der Waals surface area (Å²) in [5.74, 6) is -0.420. The van der Waals surface area contributed by atoms with E-state index >= 15 is 0 Å². The van der Waals surface area contributed by atoms with Crippen molar-refractivity contribution >= 4 is 45.2 Å². The zero-order valence-corrected chi connectivity index (χ0v) is 29.0. The molecule has 2 saturated carbocycles. The Bertz CT molecular complexity index is 1800. The highest BCUT2D eigenvalue weighted by Gasteiger charge is 2.62. The molecule has 5 heterocycles.